The van der Waals surface area contributed by atoms with Gasteiger partial charge < -0.3 is 9.42 Å². The Morgan fingerprint density at radius 3 is 2.48 bits per heavy atom. The van der Waals surface area contributed by atoms with Gasteiger partial charge in [-0.3, -0.25) is 4.55 Å². The van der Waals surface area contributed by atoms with Crippen LogP contribution in [0.4, 0.5) is 17.2 Å². The molecule has 0 aliphatic carbocycles. The summed E-state index contributed by atoms with van der Waals surface area (Å²) in [6.07, 6.45) is 1.66. The van der Waals surface area contributed by atoms with Gasteiger partial charge in [-0.2, -0.15) is 8.42 Å². The number of aromatic nitrogens is 1. The third-order valence-corrected chi connectivity index (χ3v) is 3.86. The van der Waals surface area contributed by atoms with Crippen LogP contribution in [0.3, 0.4) is 0 Å². The molecule has 124 valence electrons. The molecule has 1 heterocycles. The molecule has 23 heavy (non-hydrogen) atoms. The summed E-state index contributed by atoms with van der Waals surface area (Å²) in [5, 5.41) is 8.22. The lowest BCUT2D eigenvalue weighted by molar-refractivity contribution is -0.853. The van der Waals surface area contributed by atoms with E-state index >= 15 is 0 Å². The van der Waals surface area contributed by atoms with E-state index in [1.54, 1.807) is 6.07 Å². The molecule has 0 radical (unpaired) electrons. The lowest BCUT2D eigenvalue weighted by atomic mass is 10.3. The Morgan fingerprint density at radius 2 is 1.87 bits per heavy atom. The summed E-state index contributed by atoms with van der Waals surface area (Å²) in [5.41, 5.74) is 1.76. The minimum Gasteiger partial charge on any atom is -0.378 e. The number of rotatable bonds is 7. The number of nitrogens with zero attached hydrogens (tertiary/aromatic N) is 4. The maximum atomic E-state index is 10.7. The fraction of sp³-hybridized carbons (Fsp3) is 0.357. The van der Waals surface area contributed by atoms with Crippen molar-refractivity contribution in [1.82, 2.24) is 0 Å². The minimum absolute atomic E-state index is 0.219. The van der Waals surface area contributed by atoms with Crippen molar-refractivity contribution in [3.8, 4) is 0 Å². The van der Waals surface area contributed by atoms with Gasteiger partial charge in [0.05, 0.1) is 16.9 Å². The third-order valence-electron chi connectivity index (χ3n) is 3.06. The van der Waals surface area contributed by atoms with Gasteiger partial charge in [-0.15, -0.1) is 0 Å². The summed E-state index contributed by atoms with van der Waals surface area (Å²) in [6, 6.07) is 9.20. The summed E-state index contributed by atoms with van der Waals surface area (Å²) in [6.45, 7) is 0.278. The molecular formula is C14H19N4O4S+. The van der Waals surface area contributed by atoms with E-state index in [-0.39, 0.29) is 18.7 Å². The first-order chi connectivity index (χ1) is 10.8. The Kier molecular flexibility index (Phi) is 5.45. The molecule has 1 aromatic carbocycles. The van der Waals surface area contributed by atoms with Gasteiger partial charge in [0.2, 0.25) is 0 Å². The first-order valence-electron chi connectivity index (χ1n) is 6.97. The Hall–Kier alpha value is -2.26. The highest BCUT2D eigenvalue weighted by atomic mass is 32.2. The molecule has 0 fully saturated rings. The highest BCUT2D eigenvalue weighted by Gasteiger charge is 2.15. The maximum absolute atomic E-state index is 10.7. The molecule has 2 aromatic rings. The quantitative estimate of drug-likeness (QED) is 0.474. The monoisotopic (exact) mass is 339 g/mol. The smallest absolute Gasteiger partial charge is 0.378 e. The number of hydrogen-bond donors (Lipinski definition) is 1. The van der Waals surface area contributed by atoms with Crippen LogP contribution in [-0.4, -0.2) is 32.8 Å². The molecule has 0 aliphatic rings. The molecule has 0 amide bonds. The number of azo groups is 1. The highest BCUT2D eigenvalue weighted by molar-refractivity contribution is 7.85. The van der Waals surface area contributed by atoms with Crippen molar-refractivity contribution in [2.75, 3.05) is 24.7 Å². The van der Waals surface area contributed by atoms with Gasteiger partial charge in [-0.1, -0.05) is 4.74 Å². The van der Waals surface area contributed by atoms with Crippen LogP contribution in [0.25, 0.3) is 0 Å². The molecule has 1 N–H and O–H groups in total. The van der Waals surface area contributed by atoms with Crippen LogP contribution in [0, 0.1) is 0 Å². The maximum Gasteiger partial charge on any atom is 0.387 e. The Labute approximate surface area is 134 Å². The second kappa shape index (κ2) is 7.34. The molecule has 0 aliphatic heterocycles. The molecule has 9 heteroatoms. The van der Waals surface area contributed by atoms with Gasteiger partial charge in [-0.05, 0) is 29.4 Å². The zero-order valence-corrected chi connectivity index (χ0v) is 13.8. The van der Waals surface area contributed by atoms with Crippen LogP contribution in [0.15, 0.2) is 51.3 Å². The Morgan fingerprint density at radius 1 is 1.17 bits per heavy atom. The van der Waals surface area contributed by atoms with Crippen LogP contribution in [-0.2, 0) is 16.7 Å². The van der Waals surface area contributed by atoms with Gasteiger partial charge in [0.25, 0.3) is 10.1 Å². The fourth-order valence-electron chi connectivity index (χ4n) is 1.87. The van der Waals surface area contributed by atoms with E-state index in [1.807, 2.05) is 43.3 Å². The molecule has 0 bridgehead atoms. The van der Waals surface area contributed by atoms with E-state index < -0.39 is 10.1 Å². The average molecular weight is 339 g/mol. The van der Waals surface area contributed by atoms with E-state index in [9.17, 15) is 8.42 Å². The van der Waals surface area contributed by atoms with Crippen LogP contribution >= 0.6 is 0 Å². The third kappa shape index (κ3) is 5.46. The van der Waals surface area contributed by atoms with Crippen molar-refractivity contribution in [3.05, 3.63) is 36.6 Å². The summed E-state index contributed by atoms with van der Waals surface area (Å²) in [4.78, 5) is 1.99. The van der Waals surface area contributed by atoms with Crippen molar-refractivity contribution in [2.45, 2.75) is 13.0 Å². The van der Waals surface area contributed by atoms with Crippen LogP contribution in [0.1, 0.15) is 6.42 Å². The van der Waals surface area contributed by atoms with Gasteiger partial charge in [0.15, 0.2) is 6.26 Å². The molecule has 0 spiro atoms. The van der Waals surface area contributed by atoms with E-state index in [4.69, 9.17) is 9.08 Å². The normalized spacial score (nSPS) is 12.0. The van der Waals surface area contributed by atoms with Crippen molar-refractivity contribution in [1.29, 1.82) is 0 Å². The number of hydrogen-bond acceptors (Lipinski definition) is 6. The topological polar surface area (TPSA) is 99.4 Å². The zero-order chi connectivity index (χ0) is 16.9. The molecule has 0 saturated heterocycles. The number of benzene rings is 1. The molecular weight excluding hydrogens is 320 g/mol. The van der Waals surface area contributed by atoms with Crippen molar-refractivity contribution < 1.29 is 22.2 Å². The Bertz CT molecular complexity index is 766. The molecule has 8 nitrogen and oxygen atoms in total. The number of aryl methyl sites for hydroxylation is 1. The van der Waals surface area contributed by atoms with Crippen LogP contribution < -0.4 is 9.64 Å². The summed E-state index contributed by atoms with van der Waals surface area (Å²) >= 11 is 0. The summed E-state index contributed by atoms with van der Waals surface area (Å²) in [5.74, 6) is 0.139. The summed E-state index contributed by atoms with van der Waals surface area (Å²) in [7, 11) is -0.0580. The minimum atomic E-state index is -3.97. The standard InChI is InChI=1S/C14H18N4O4S/c1-17(2)13-6-4-12(5-7-13)15-16-14-8-10-22-18(14)9-3-11-23(19,20)21/h4-8,10H,3,9,11H2,1-2H3/p+1. The van der Waals surface area contributed by atoms with Crippen LogP contribution in [0.5, 0.6) is 0 Å². The first-order valence-corrected chi connectivity index (χ1v) is 8.58. The predicted molar refractivity (Wildman–Crippen MR) is 84.9 cm³/mol. The zero-order valence-electron chi connectivity index (χ0n) is 13.0. The van der Waals surface area contributed by atoms with Crippen molar-refractivity contribution in [3.63, 3.8) is 0 Å². The van der Waals surface area contributed by atoms with E-state index in [0.717, 1.165) is 5.69 Å². The Balaban J connectivity index is 2.01. The van der Waals surface area contributed by atoms with Gasteiger partial charge in [0.1, 0.15) is 12.2 Å². The predicted octanol–water partition coefficient (Wildman–Crippen LogP) is 2.33. The second-order valence-corrected chi connectivity index (χ2v) is 6.69. The fourth-order valence-corrected chi connectivity index (χ4v) is 2.36. The molecule has 0 atom stereocenters. The van der Waals surface area contributed by atoms with E-state index in [0.29, 0.717) is 11.5 Å². The van der Waals surface area contributed by atoms with Crippen molar-refractivity contribution in [2.24, 2.45) is 10.2 Å². The highest BCUT2D eigenvalue weighted by Crippen LogP contribution is 2.20. The average Bonchev–Trinajstić information content (AvgIpc) is 2.92. The second-order valence-electron chi connectivity index (χ2n) is 5.12. The van der Waals surface area contributed by atoms with Gasteiger partial charge in [-0.25, -0.2) is 0 Å². The lowest BCUT2D eigenvalue weighted by Gasteiger charge is -2.11. The molecule has 2 rings (SSSR count). The number of anilines is 1. The van der Waals surface area contributed by atoms with Gasteiger partial charge in [0, 0.05) is 26.2 Å². The van der Waals surface area contributed by atoms with Gasteiger partial charge >= 0.3 is 5.82 Å². The lowest BCUT2D eigenvalue weighted by Crippen LogP contribution is -2.32. The van der Waals surface area contributed by atoms with Crippen molar-refractivity contribution >= 4 is 27.3 Å². The molecule has 0 saturated carbocycles. The largest absolute Gasteiger partial charge is 0.387 e. The summed E-state index contributed by atoms with van der Waals surface area (Å²) < 4.78 is 36.7. The van der Waals surface area contributed by atoms with E-state index in [1.165, 1.54) is 11.0 Å². The molecule has 1 aromatic heterocycles. The van der Waals surface area contributed by atoms with Crippen LogP contribution in [0.2, 0.25) is 0 Å². The SMILES string of the molecule is CN(C)c1ccc(N=Nc2cco[n+]2CCCS(=O)(=O)O)cc1. The first kappa shape index (κ1) is 17.1. The van der Waals surface area contributed by atoms with E-state index in [2.05, 4.69) is 10.2 Å². The molecule has 0 unspecified atom stereocenters.